The summed E-state index contributed by atoms with van der Waals surface area (Å²) in [7, 11) is 0. The van der Waals surface area contributed by atoms with Gasteiger partial charge in [0, 0.05) is 12.1 Å². The highest BCUT2D eigenvalue weighted by molar-refractivity contribution is 5.33. The first-order valence-corrected chi connectivity index (χ1v) is 5.76. The van der Waals surface area contributed by atoms with Crippen LogP contribution >= 0.6 is 0 Å². The molecule has 0 aromatic heterocycles. The zero-order valence-electron chi connectivity index (χ0n) is 10.3. The van der Waals surface area contributed by atoms with Crippen LogP contribution in [0.25, 0.3) is 0 Å². The largest absolute Gasteiger partial charge is 0.394 e. The molecule has 5 heteroatoms. The highest BCUT2D eigenvalue weighted by Gasteiger charge is 2.25. The van der Waals surface area contributed by atoms with Crippen molar-refractivity contribution in [2.75, 3.05) is 13.2 Å². The van der Waals surface area contributed by atoms with Crippen molar-refractivity contribution in [1.82, 2.24) is 5.32 Å². The lowest BCUT2D eigenvalue weighted by molar-refractivity contribution is 0.0861. The third-order valence-electron chi connectivity index (χ3n) is 3.11. The van der Waals surface area contributed by atoms with Crippen molar-refractivity contribution in [1.29, 1.82) is 5.26 Å². The average Bonchev–Trinajstić information content (AvgIpc) is 2.42. The number of nitrogens with zero attached hydrogens (tertiary/aromatic N) is 1. The van der Waals surface area contributed by atoms with Gasteiger partial charge in [0.2, 0.25) is 0 Å². The minimum absolute atomic E-state index is 0.149. The molecule has 0 heterocycles. The van der Waals surface area contributed by atoms with E-state index in [0.717, 1.165) is 0 Å². The molecule has 0 atom stereocenters. The van der Waals surface area contributed by atoms with E-state index < -0.39 is 11.4 Å². The lowest BCUT2D eigenvalue weighted by Crippen LogP contribution is -2.50. The van der Waals surface area contributed by atoms with E-state index in [0.29, 0.717) is 17.5 Å². The molecule has 0 amide bonds. The normalized spacial score (nSPS) is 11.3. The second-order valence-corrected chi connectivity index (χ2v) is 4.22. The Morgan fingerprint density at radius 1 is 1.39 bits per heavy atom. The summed E-state index contributed by atoms with van der Waals surface area (Å²) < 4.78 is 13.5. The standard InChI is InChI=1S/C13H17FN2O2/c1-2-13(8-17,9-18)16-7-11-5-10(6-15)3-4-12(11)14/h3-5,16-18H,2,7-9H2,1H3. The maximum Gasteiger partial charge on any atom is 0.127 e. The van der Waals surface area contributed by atoms with Gasteiger partial charge in [0.1, 0.15) is 5.82 Å². The minimum Gasteiger partial charge on any atom is -0.394 e. The summed E-state index contributed by atoms with van der Waals surface area (Å²) in [6, 6.07) is 6.04. The Labute approximate surface area is 106 Å². The summed E-state index contributed by atoms with van der Waals surface area (Å²) in [6.07, 6.45) is 0.513. The van der Waals surface area contributed by atoms with Crippen molar-refractivity contribution in [2.45, 2.75) is 25.4 Å². The highest BCUT2D eigenvalue weighted by Crippen LogP contribution is 2.14. The Kier molecular flexibility index (Phi) is 5.23. The van der Waals surface area contributed by atoms with Gasteiger partial charge in [-0.2, -0.15) is 5.26 Å². The first-order chi connectivity index (χ1) is 8.60. The quantitative estimate of drug-likeness (QED) is 0.703. The number of halogens is 1. The number of hydrogen-bond acceptors (Lipinski definition) is 4. The topological polar surface area (TPSA) is 76.3 Å². The Morgan fingerprint density at radius 2 is 2.06 bits per heavy atom. The number of rotatable bonds is 6. The van der Waals surface area contributed by atoms with Crippen LogP contribution in [0.5, 0.6) is 0 Å². The smallest absolute Gasteiger partial charge is 0.127 e. The first-order valence-electron chi connectivity index (χ1n) is 5.76. The molecule has 1 aromatic rings. The van der Waals surface area contributed by atoms with Crippen LogP contribution in [0.1, 0.15) is 24.5 Å². The van der Waals surface area contributed by atoms with Crippen molar-refractivity contribution in [3.05, 3.63) is 35.1 Å². The molecule has 0 radical (unpaired) electrons. The van der Waals surface area contributed by atoms with E-state index in [4.69, 9.17) is 5.26 Å². The molecule has 1 rings (SSSR count). The third kappa shape index (κ3) is 3.26. The molecule has 98 valence electrons. The molecule has 1 aromatic carbocycles. The van der Waals surface area contributed by atoms with E-state index in [-0.39, 0.29) is 19.8 Å². The third-order valence-corrected chi connectivity index (χ3v) is 3.11. The number of nitriles is 1. The molecule has 4 nitrogen and oxygen atoms in total. The second-order valence-electron chi connectivity index (χ2n) is 4.22. The predicted molar refractivity (Wildman–Crippen MR) is 65.1 cm³/mol. The molecule has 0 aliphatic carbocycles. The zero-order chi connectivity index (χ0) is 13.6. The van der Waals surface area contributed by atoms with Gasteiger partial charge in [-0.05, 0) is 24.6 Å². The fourth-order valence-electron chi connectivity index (χ4n) is 1.57. The molecular formula is C13H17FN2O2. The second kappa shape index (κ2) is 6.45. The summed E-state index contributed by atoms with van der Waals surface area (Å²) in [5, 5.41) is 30.2. The fraction of sp³-hybridized carbons (Fsp3) is 0.462. The van der Waals surface area contributed by atoms with Crippen LogP contribution < -0.4 is 5.32 Å². The van der Waals surface area contributed by atoms with Gasteiger partial charge in [0.05, 0.1) is 30.4 Å². The predicted octanol–water partition coefficient (Wildman–Crippen LogP) is 0.920. The van der Waals surface area contributed by atoms with Gasteiger partial charge >= 0.3 is 0 Å². The molecule has 0 saturated carbocycles. The van der Waals surface area contributed by atoms with E-state index in [1.165, 1.54) is 18.2 Å². The summed E-state index contributed by atoms with van der Waals surface area (Å²) in [5.41, 5.74) is -0.105. The van der Waals surface area contributed by atoms with Crippen molar-refractivity contribution in [3.63, 3.8) is 0 Å². The summed E-state index contributed by atoms with van der Waals surface area (Å²) in [4.78, 5) is 0. The number of benzene rings is 1. The Morgan fingerprint density at radius 3 is 2.56 bits per heavy atom. The van der Waals surface area contributed by atoms with Crippen molar-refractivity contribution in [3.8, 4) is 6.07 Å². The van der Waals surface area contributed by atoms with Crippen LogP contribution in [-0.4, -0.2) is 29.0 Å². The van der Waals surface area contributed by atoms with Gasteiger partial charge < -0.3 is 15.5 Å². The number of hydrogen-bond donors (Lipinski definition) is 3. The number of aliphatic hydroxyl groups excluding tert-OH is 2. The van der Waals surface area contributed by atoms with Crippen LogP contribution in [0.3, 0.4) is 0 Å². The van der Waals surface area contributed by atoms with Gasteiger partial charge in [-0.1, -0.05) is 6.92 Å². The van der Waals surface area contributed by atoms with Crippen LogP contribution in [0.15, 0.2) is 18.2 Å². The van der Waals surface area contributed by atoms with E-state index in [1.807, 2.05) is 13.0 Å². The summed E-state index contributed by atoms with van der Waals surface area (Å²) in [5.74, 6) is -0.414. The molecule has 0 saturated heterocycles. The molecule has 0 aliphatic rings. The van der Waals surface area contributed by atoms with Gasteiger partial charge in [-0.25, -0.2) is 4.39 Å². The fourth-order valence-corrected chi connectivity index (χ4v) is 1.57. The molecule has 0 fully saturated rings. The Hall–Kier alpha value is -1.48. The molecule has 0 aliphatic heterocycles. The molecular weight excluding hydrogens is 235 g/mol. The van der Waals surface area contributed by atoms with Gasteiger partial charge in [-0.15, -0.1) is 0 Å². The van der Waals surface area contributed by atoms with Crippen molar-refractivity contribution < 1.29 is 14.6 Å². The maximum absolute atomic E-state index is 13.5. The Bertz CT molecular complexity index is 431. The zero-order valence-corrected chi connectivity index (χ0v) is 10.3. The van der Waals surface area contributed by atoms with Crippen molar-refractivity contribution in [2.24, 2.45) is 0 Å². The first kappa shape index (κ1) is 14.6. The van der Waals surface area contributed by atoms with Crippen LogP contribution in [0.2, 0.25) is 0 Å². The number of nitrogens with one attached hydrogen (secondary N) is 1. The van der Waals surface area contributed by atoms with Crippen LogP contribution in [0.4, 0.5) is 4.39 Å². The molecule has 3 N–H and O–H groups in total. The van der Waals surface area contributed by atoms with E-state index in [1.54, 1.807) is 0 Å². The van der Waals surface area contributed by atoms with Crippen LogP contribution in [-0.2, 0) is 6.54 Å². The lowest BCUT2D eigenvalue weighted by atomic mass is 9.98. The molecule has 0 spiro atoms. The van der Waals surface area contributed by atoms with Gasteiger partial charge in [0.25, 0.3) is 0 Å². The number of aliphatic hydroxyl groups is 2. The average molecular weight is 252 g/mol. The van der Waals surface area contributed by atoms with Gasteiger partial charge in [-0.3, -0.25) is 0 Å². The SMILES string of the molecule is CCC(CO)(CO)NCc1cc(C#N)ccc1F. The summed E-state index contributed by atoms with van der Waals surface area (Å²) in [6.45, 7) is 1.50. The molecule has 0 unspecified atom stereocenters. The highest BCUT2D eigenvalue weighted by atomic mass is 19.1. The van der Waals surface area contributed by atoms with E-state index in [2.05, 4.69) is 5.32 Å². The molecule has 18 heavy (non-hydrogen) atoms. The lowest BCUT2D eigenvalue weighted by Gasteiger charge is -2.30. The van der Waals surface area contributed by atoms with Gasteiger partial charge in [0.15, 0.2) is 0 Å². The Balaban J connectivity index is 2.82. The summed E-state index contributed by atoms with van der Waals surface area (Å²) >= 11 is 0. The van der Waals surface area contributed by atoms with Crippen molar-refractivity contribution >= 4 is 0 Å². The van der Waals surface area contributed by atoms with E-state index >= 15 is 0 Å². The van der Waals surface area contributed by atoms with Crippen LogP contribution in [0, 0.1) is 17.1 Å². The molecule has 0 bridgehead atoms. The van der Waals surface area contributed by atoms with E-state index in [9.17, 15) is 14.6 Å². The minimum atomic E-state index is -0.824. The maximum atomic E-state index is 13.5. The monoisotopic (exact) mass is 252 g/mol.